The van der Waals surface area contributed by atoms with E-state index in [1.165, 1.54) is 0 Å². The van der Waals surface area contributed by atoms with Gasteiger partial charge in [0, 0.05) is 17.6 Å². The second-order valence-electron chi connectivity index (χ2n) is 6.91. The first-order chi connectivity index (χ1) is 13.4. The molecule has 0 saturated carbocycles. The summed E-state index contributed by atoms with van der Waals surface area (Å²) in [6, 6.07) is 16.2. The summed E-state index contributed by atoms with van der Waals surface area (Å²) in [6.45, 7) is 5.79. The Hall–Kier alpha value is -2.53. The molecule has 0 radical (unpaired) electrons. The van der Waals surface area contributed by atoms with Crippen LogP contribution in [0, 0.1) is 0 Å². The van der Waals surface area contributed by atoms with E-state index < -0.39 is 6.04 Å². The second-order valence-corrected chi connectivity index (χ2v) is 7.34. The maximum absolute atomic E-state index is 12.8. The minimum atomic E-state index is -0.596. The Morgan fingerprint density at radius 2 is 1.79 bits per heavy atom. The van der Waals surface area contributed by atoms with Crippen molar-refractivity contribution in [2.75, 3.05) is 13.2 Å². The second kappa shape index (κ2) is 10.7. The zero-order valence-electron chi connectivity index (χ0n) is 16.5. The Balaban J connectivity index is 2.06. The van der Waals surface area contributed by atoms with Crippen LogP contribution in [0.3, 0.4) is 0 Å². The highest BCUT2D eigenvalue weighted by Gasteiger charge is 2.26. The molecule has 0 aromatic heterocycles. The molecule has 2 aromatic rings. The van der Waals surface area contributed by atoms with Gasteiger partial charge >= 0.3 is 0 Å². The molecule has 0 fully saturated rings. The molecule has 2 aromatic carbocycles. The average Bonchev–Trinajstić information content (AvgIpc) is 2.66. The van der Waals surface area contributed by atoms with Gasteiger partial charge in [0.25, 0.3) is 5.91 Å². The molecule has 150 valence electrons. The Kier molecular flexibility index (Phi) is 8.33. The first-order valence-electron chi connectivity index (χ1n) is 9.39. The van der Waals surface area contributed by atoms with Crippen LogP contribution in [0.5, 0.6) is 5.75 Å². The highest BCUT2D eigenvalue weighted by Crippen LogP contribution is 2.17. The molecular weight excluding hydrogens is 376 g/mol. The highest BCUT2D eigenvalue weighted by atomic mass is 35.5. The standard InChI is InChI=1S/C22H27ClN2O3/c1-16(2)24-22(27)17(3)25(13-12-18-8-5-4-6-9-18)21(26)15-28-20-11-7-10-19(23)14-20/h4-11,14,16-17H,12-13,15H2,1-3H3,(H,24,27)/t17-/m1/s1. The van der Waals surface area contributed by atoms with Crippen molar-refractivity contribution in [3.63, 3.8) is 0 Å². The Bertz CT molecular complexity index is 780. The van der Waals surface area contributed by atoms with Crippen LogP contribution in [0.2, 0.25) is 5.02 Å². The van der Waals surface area contributed by atoms with Crippen LogP contribution in [-0.4, -0.2) is 41.9 Å². The molecule has 2 rings (SSSR count). The molecule has 0 unspecified atom stereocenters. The fraction of sp³-hybridized carbons (Fsp3) is 0.364. The lowest BCUT2D eigenvalue weighted by Gasteiger charge is -2.29. The molecule has 0 aliphatic heterocycles. The fourth-order valence-corrected chi connectivity index (χ4v) is 2.94. The third-order valence-corrected chi connectivity index (χ3v) is 4.48. The maximum Gasteiger partial charge on any atom is 0.261 e. The number of carbonyl (C=O) groups excluding carboxylic acids is 2. The number of amides is 2. The molecular formula is C22H27ClN2O3. The van der Waals surface area contributed by atoms with E-state index in [4.69, 9.17) is 16.3 Å². The van der Waals surface area contributed by atoms with Crippen LogP contribution >= 0.6 is 11.6 Å². The molecule has 6 heteroatoms. The van der Waals surface area contributed by atoms with E-state index in [0.717, 1.165) is 5.56 Å². The van der Waals surface area contributed by atoms with Crippen LogP contribution in [0.15, 0.2) is 54.6 Å². The molecule has 1 atom stereocenters. The molecule has 2 amide bonds. The summed E-state index contributed by atoms with van der Waals surface area (Å²) in [7, 11) is 0. The Morgan fingerprint density at radius 3 is 2.43 bits per heavy atom. The van der Waals surface area contributed by atoms with E-state index in [1.807, 2.05) is 44.2 Å². The van der Waals surface area contributed by atoms with Crippen molar-refractivity contribution in [1.29, 1.82) is 0 Å². The van der Waals surface area contributed by atoms with Crippen molar-refractivity contribution in [3.05, 3.63) is 65.2 Å². The molecule has 0 aliphatic carbocycles. The number of hydrogen-bond acceptors (Lipinski definition) is 3. The minimum Gasteiger partial charge on any atom is -0.484 e. The van der Waals surface area contributed by atoms with Gasteiger partial charge in [-0.2, -0.15) is 0 Å². The van der Waals surface area contributed by atoms with Gasteiger partial charge < -0.3 is 15.0 Å². The van der Waals surface area contributed by atoms with Crippen molar-refractivity contribution in [3.8, 4) is 5.75 Å². The number of halogens is 1. The first kappa shape index (κ1) is 21.8. The summed E-state index contributed by atoms with van der Waals surface area (Å²) in [5.41, 5.74) is 1.10. The first-order valence-corrected chi connectivity index (χ1v) is 9.76. The van der Waals surface area contributed by atoms with E-state index in [9.17, 15) is 9.59 Å². The van der Waals surface area contributed by atoms with Crippen LogP contribution in [0.25, 0.3) is 0 Å². The predicted molar refractivity (Wildman–Crippen MR) is 112 cm³/mol. The van der Waals surface area contributed by atoms with Gasteiger partial charge in [-0.15, -0.1) is 0 Å². The van der Waals surface area contributed by atoms with Crippen LogP contribution in [0.1, 0.15) is 26.3 Å². The molecule has 0 bridgehead atoms. The lowest BCUT2D eigenvalue weighted by molar-refractivity contribution is -0.141. The SMILES string of the molecule is CC(C)NC(=O)[C@@H](C)N(CCc1ccccc1)C(=O)COc1cccc(Cl)c1. The molecule has 28 heavy (non-hydrogen) atoms. The number of rotatable bonds is 9. The van der Waals surface area contributed by atoms with E-state index in [2.05, 4.69) is 5.32 Å². The Labute approximate surface area is 171 Å². The van der Waals surface area contributed by atoms with Gasteiger partial charge in [0.1, 0.15) is 11.8 Å². The van der Waals surface area contributed by atoms with Crippen molar-refractivity contribution in [2.24, 2.45) is 0 Å². The number of benzene rings is 2. The predicted octanol–water partition coefficient (Wildman–Crippen LogP) is 3.70. The van der Waals surface area contributed by atoms with Gasteiger partial charge in [0.05, 0.1) is 0 Å². The van der Waals surface area contributed by atoms with Gasteiger partial charge in [-0.1, -0.05) is 48.0 Å². The maximum atomic E-state index is 12.8. The van der Waals surface area contributed by atoms with E-state index >= 15 is 0 Å². The number of ether oxygens (including phenoxy) is 1. The largest absolute Gasteiger partial charge is 0.484 e. The summed E-state index contributed by atoms with van der Waals surface area (Å²) in [5, 5.41) is 3.40. The van der Waals surface area contributed by atoms with Gasteiger partial charge in [-0.25, -0.2) is 0 Å². The van der Waals surface area contributed by atoms with E-state index in [-0.39, 0.29) is 24.5 Å². The normalized spacial score (nSPS) is 11.8. The summed E-state index contributed by atoms with van der Waals surface area (Å²) in [4.78, 5) is 26.9. The van der Waals surface area contributed by atoms with Gasteiger partial charge in [-0.3, -0.25) is 9.59 Å². The lowest BCUT2D eigenvalue weighted by atomic mass is 10.1. The number of nitrogens with zero attached hydrogens (tertiary/aromatic N) is 1. The van der Waals surface area contributed by atoms with Gasteiger partial charge in [0.2, 0.25) is 5.91 Å². The van der Waals surface area contributed by atoms with Crippen LogP contribution in [0.4, 0.5) is 0 Å². The topological polar surface area (TPSA) is 58.6 Å². The van der Waals surface area contributed by atoms with Crippen LogP contribution < -0.4 is 10.1 Å². The zero-order valence-corrected chi connectivity index (χ0v) is 17.3. The van der Waals surface area contributed by atoms with E-state index in [1.54, 1.807) is 36.1 Å². The van der Waals surface area contributed by atoms with Gasteiger partial charge in [-0.05, 0) is 51.0 Å². The Morgan fingerprint density at radius 1 is 1.07 bits per heavy atom. The average molecular weight is 403 g/mol. The monoisotopic (exact) mass is 402 g/mol. The summed E-state index contributed by atoms with van der Waals surface area (Å²) < 4.78 is 5.59. The summed E-state index contributed by atoms with van der Waals surface area (Å²) >= 11 is 5.95. The molecule has 0 aliphatic rings. The number of hydrogen-bond donors (Lipinski definition) is 1. The minimum absolute atomic E-state index is 0.00346. The van der Waals surface area contributed by atoms with Crippen LogP contribution in [-0.2, 0) is 16.0 Å². The quantitative estimate of drug-likeness (QED) is 0.695. The number of carbonyl (C=O) groups is 2. The molecule has 0 heterocycles. The van der Waals surface area contributed by atoms with Gasteiger partial charge in [0.15, 0.2) is 6.61 Å². The molecule has 5 nitrogen and oxygen atoms in total. The molecule has 0 saturated heterocycles. The van der Waals surface area contributed by atoms with Crippen molar-refractivity contribution >= 4 is 23.4 Å². The molecule has 1 N–H and O–H groups in total. The van der Waals surface area contributed by atoms with Crippen molar-refractivity contribution < 1.29 is 14.3 Å². The smallest absolute Gasteiger partial charge is 0.261 e. The lowest BCUT2D eigenvalue weighted by Crippen LogP contribution is -2.51. The number of nitrogens with one attached hydrogen (secondary N) is 1. The third kappa shape index (κ3) is 6.89. The third-order valence-electron chi connectivity index (χ3n) is 4.24. The summed E-state index contributed by atoms with van der Waals surface area (Å²) in [6.07, 6.45) is 0.656. The van der Waals surface area contributed by atoms with E-state index in [0.29, 0.717) is 23.7 Å². The zero-order chi connectivity index (χ0) is 20.5. The van der Waals surface area contributed by atoms with Crippen molar-refractivity contribution in [1.82, 2.24) is 10.2 Å². The van der Waals surface area contributed by atoms with Crippen molar-refractivity contribution in [2.45, 2.75) is 39.3 Å². The highest BCUT2D eigenvalue weighted by molar-refractivity contribution is 6.30. The molecule has 0 spiro atoms. The fourth-order valence-electron chi connectivity index (χ4n) is 2.76. The summed E-state index contributed by atoms with van der Waals surface area (Å²) in [5.74, 6) is 0.0876.